The van der Waals surface area contributed by atoms with Gasteiger partial charge in [-0.1, -0.05) is 13.8 Å². The van der Waals surface area contributed by atoms with Crippen molar-refractivity contribution in [3.8, 4) is 0 Å². The van der Waals surface area contributed by atoms with Crippen molar-refractivity contribution in [2.75, 3.05) is 5.75 Å². The van der Waals surface area contributed by atoms with Crippen LogP contribution in [0.25, 0.3) is 0 Å². The number of rotatable bonds is 3. The molecule has 0 aliphatic carbocycles. The lowest BCUT2D eigenvalue weighted by Gasteiger charge is -2.32. The van der Waals surface area contributed by atoms with E-state index in [0.717, 1.165) is 12.2 Å². The fourth-order valence-electron chi connectivity index (χ4n) is 3.00. The summed E-state index contributed by atoms with van der Waals surface area (Å²) in [4.78, 5) is 36.4. The van der Waals surface area contributed by atoms with Crippen LogP contribution >= 0.6 is 11.8 Å². The van der Waals surface area contributed by atoms with Crippen molar-refractivity contribution in [1.82, 2.24) is 10.2 Å². The standard InChI is InChI=1S/C12H19N3O3S/c1-12(2)5-8-15(9(12)10(13)17)11(18)7(14-6-16)3-4-19-8/h6-9H,3-5H2,1-2H3,(H2,13,17)(H,14,16). The van der Waals surface area contributed by atoms with Gasteiger partial charge in [0, 0.05) is 0 Å². The highest BCUT2D eigenvalue weighted by atomic mass is 32.2. The van der Waals surface area contributed by atoms with Gasteiger partial charge in [-0.3, -0.25) is 14.4 Å². The van der Waals surface area contributed by atoms with Crippen molar-refractivity contribution < 1.29 is 14.4 Å². The summed E-state index contributed by atoms with van der Waals surface area (Å²) in [5.41, 5.74) is 5.15. The Morgan fingerprint density at radius 3 is 2.84 bits per heavy atom. The van der Waals surface area contributed by atoms with E-state index in [-0.39, 0.29) is 16.7 Å². The Morgan fingerprint density at radius 1 is 1.58 bits per heavy atom. The molecule has 3 amide bonds. The first-order valence-electron chi connectivity index (χ1n) is 6.31. The first-order chi connectivity index (χ1) is 8.88. The van der Waals surface area contributed by atoms with E-state index in [1.807, 2.05) is 13.8 Å². The maximum absolute atomic E-state index is 12.5. The zero-order valence-electron chi connectivity index (χ0n) is 11.1. The molecule has 6 nitrogen and oxygen atoms in total. The second-order valence-corrected chi connectivity index (χ2v) is 6.98. The summed E-state index contributed by atoms with van der Waals surface area (Å²) in [6, 6.07) is -1.16. The molecule has 0 bridgehead atoms. The molecule has 106 valence electrons. The van der Waals surface area contributed by atoms with E-state index in [4.69, 9.17) is 5.73 Å². The number of nitrogens with two attached hydrogens (primary N) is 1. The monoisotopic (exact) mass is 285 g/mol. The molecule has 2 saturated heterocycles. The number of hydrogen-bond acceptors (Lipinski definition) is 4. The van der Waals surface area contributed by atoms with Crippen molar-refractivity contribution in [3.63, 3.8) is 0 Å². The Bertz CT molecular complexity index is 413. The zero-order chi connectivity index (χ0) is 14.2. The van der Waals surface area contributed by atoms with Gasteiger partial charge in [0.15, 0.2) is 0 Å². The molecule has 2 rings (SSSR count). The Labute approximate surface area is 116 Å². The SMILES string of the molecule is CC1(C)CC2SCCC(NC=O)C(=O)N2C1C(N)=O. The third kappa shape index (κ3) is 2.43. The number of primary amides is 1. The minimum absolute atomic E-state index is 0.0292. The number of carbonyl (C=O) groups is 3. The maximum atomic E-state index is 12.5. The van der Waals surface area contributed by atoms with Crippen molar-refractivity contribution in [3.05, 3.63) is 0 Å². The molecule has 2 aliphatic heterocycles. The van der Waals surface area contributed by atoms with E-state index in [1.54, 1.807) is 16.7 Å². The molecule has 7 heteroatoms. The van der Waals surface area contributed by atoms with Gasteiger partial charge in [-0.25, -0.2) is 0 Å². The summed E-state index contributed by atoms with van der Waals surface area (Å²) in [6.07, 6.45) is 1.86. The molecule has 0 spiro atoms. The number of nitrogens with zero attached hydrogens (tertiary/aromatic N) is 1. The summed E-state index contributed by atoms with van der Waals surface area (Å²) in [5.74, 6) is 0.102. The van der Waals surface area contributed by atoms with Crippen LogP contribution < -0.4 is 11.1 Å². The summed E-state index contributed by atoms with van der Waals surface area (Å²) in [6.45, 7) is 3.90. The Kier molecular flexibility index (Phi) is 3.75. The molecule has 0 radical (unpaired) electrons. The highest BCUT2D eigenvalue weighted by Crippen LogP contribution is 2.45. The molecule has 2 aliphatic rings. The largest absolute Gasteiger partial charge is 0.368 e. The van der Waals surface area contributed by atoms with Crippen LogP contribution in [0.2, 0.25) is 0 Å². The minimum Gasteiger partial charge on any atom is -0.368 e. The summed E-state index contributed by atoms with van der Waals surface area (Å²) in [5, 5.41) is 2.51. The molecule has 19 heavy (non-hydrogen) atoms. The van der Waals surface area contributed by atoms with Crippen LogP contribution in [0.5, 0.6) is 0 Å². The number of thioether (sulfide) groups is 1. The van der Waals surface area contributed by atoms with Crippen LogP contribution in [0, 0.1) is 5.41 Å². The molecule has 2 heterocycles. The average molecular weight is 285 g/mol. The zero-order valence-corrected chi connectivity index (χ0v) is 11.9. The predicted molar refractivity (Wildman–Crippen MR) is 72.1 cm³/mol. The number of amides is 3. The third-order valence-corrected chi connectivity index (χ3v) is 5.09. The lowest BCUT2D eigenvalue weighted by molar-refractivity contribution is -0.141. The van der Waals surface area contributed by atoms with E-state index < -0.39 is 18.0 Å². The molecule has 3 atom stereocenters. The predicted octanol–water partition coefficient (Wildman–Crippen LogP) is -0.324. The van der Waals surface area contributed by atoms with E-state index in [9.17, 15) is 14.4 Å². The van der Waals surface area contributed by atoms with Gasteiger partial charge >= 0.3 is 0 Å². The lowest BCUT2D eigenvalue weighted by Crippen LogP contribution is -2.55. The number of fused-ring (bicyclic) bond motifs is 1. The van der Waals surface area contributed by atoms with Gasteiger partial charge in [-0.05, 0) is 24.0 Å². The van der Waals surface area contributed by atoms with Crippen LogP contribution in [-0.4, -0.2) is 46.3 Å². The van der Waals surface area contributed by atoms with E-state index in [0.29, 0.717) is 12.8 Å². The molecule has 0 aromatic carbocycles. The smallest absolute Gasteiger partial charge is 0.246 e. The summed E-state index contributed by atoms with van der Waals surface area (Å²) >= 11 is 1.65. The van der Waals surface area contributed by atoms with Crippen molar-refractivity contribution in [1.29, 1.82) is 0 Å². The topological polar surface area (TPSA) is 92.5 Å². The van der Waals surface area contributed by atoms with Crippen molar-refractivity contribution in [2.24, 2.45) is 11.1 Å². The third-order valence-electron chi connectivity index (χ3n) is 3.84. The normalized spacial score (nSPS) is 33.5. The van der Waals surface area contributed by atoms with Gasteiger partial charge < -0.3 is 16.0 Å². The molecule has 3 unspecified atom stereocenters. The lowest BCUT2D eigenvalue weighted by atomic mass is 9.84. The Hall–Kier alpha value is -1.24. The molecular formula is C12H19N3O3S. The van der Waals surface area contributed by atoms with Gasteiger partial charge in [-0.2, -0.15) is 0 Å². The van der Waals surface area contributed by atoms with Gasteiger partial charge in [0.1, 0.15) is 12.1 Å². The maximum Gasteiger partial charge on any atom is 0.246 e. The Morgan fingerprint density at radius 2 is 2.26 bits per heavy atom. The van der Waals surface area contributed by atoms with E-state index >= 15 is 0 Å². The number of carbonyl (C=O) groups excluding carboxylic acids is 3. The van der Waals surface area contributed by atoms with Gasteiger partial charge in [0.25, 0.3) is 0 Å². The fraction of sp³-hybridized carbons (Fsp3) is 0.750. The first-order valence-corrected chi connectivity index (χ1v) is 7.36. The highest BCUT2D eigenvalue weighted by Gasteiger charge is 2.53. The molecule has 3 N–H and O–H groups in total. The van der Waals surface area contributed by atoms with Gasteiger partial charge in [0.05, 0.1) is 5.37 Å². The molecule has 0 saturated carbocycles. The van der Waals surface area contributed by atoms with Crippen molar-refractivity contribution in [2.45, 2.75) is 44.1 Å². The number of hydrogen-bond donors (Lipinski definition) is 2. The first kappa shape index (κ1) is 14.2. The van der Waals surface area contributed by atoms with Crippen LogP contribution in [-0.2, 0) is 14.4 Å². The quantitative estimate of drug-likeness (QED) is 0.695. The summed E-state index contributed by atoms with van der Waals surface area (Å²) < 4.78 is 0. The van der Waals surface area contributed by atoms with E-state index in [2.05, 4.69) is 5.32 Å². The molecule has 0 aromatic heterocycles. The van der Waals surface area contributed by atoms with Crippen LogP contribution in [0.4, 0.5) is 0 Å². The van der Waals surface area contributed by atoms with Crippen molar-refractivity contribution >= 4 is 30.0 Å². The second-order valence-electron chi connectivity index (χ2n) is 5.69. The van der Waals surface area contributed by atoms with Gasteiger partial charge in [-0.15, -0.1) is 11.8 Å². The number of nitrogens with one attached hydrogen (secondary N) is 1. The Balaban J connectivity index is 2.33. The molecule has 0 aromatic rings. The fourth-order valence-corrected chi connectivity index (χ4v) is 4.57. The molecular weight excluding hydrogens is 266 g/mol. The van der Waals surface area contributed by atoms with Crippen LogP contribution in [0.15, 0.2) is 0 Å². The average Bonchev–Trinajstić information content (AvgIpc) is 2.50. The second kappa shape index (κ2) is 5.03. The van der Waals surface area contributed by atoms with E-state index in [1.165, 1.54) is 0 Å². The minimum atomic E-state index is -0.605. The van der Waals surface area contributed by atoms with Gasteiger partial charge in [0.2, 0.25) is 18.2 Å². The molecule has 2 fully saturated rings. The van der Waals surface area contributed by atoms with Crippen LogP contribution in [0.1, 0.15) is 26.7 Å². The highest BCUT2D eigenvalue weighted by molar-refractivity contribution is 7.99. The van der Waals surface area contributed by atoms with Crippen LogP contribution in [0.3, 0.4) is 0 Å². The summed E-state index contributed by atoms with van der Waals surface area (Å²) in [7, 11) is 0.